The van der Waals surface area contributed by atoms with Crippen LogP contribution in [0.1, 0.15) is 15.9 Å². The quantitative estimate of drug-likeness (QED) is 0.342. The average Bonchev–Trinajstić information content (AvgIpc) is 2.75. The van der Waals surface area contributed by atoms with Gasteiger partial charge in [-0.1, -0.05) is 30.3 Å². The molecule has 0 unspecified atom stereocenters. The number of amides is 1. The summed E-state index contributed by atoms with van der Waals surface area (Å²) in [6, 6.07) is 19.5. The van der Waals surface area contributed by atoms with E-state index in [0.29, 0.717) is 11.3 Å². The molecule has 0 aliphatic heterocycles. The summed E-state index contributed by atoms with van der Waals surface area (Å²) in [4.78, 5) is 22.5. The zero-order chi connectivity index (χ0) is 21.6. The summed E-state index contributed by atoms with van der Waals surface area (Å²) < 4.78 is 27.1. The number of non-ortho nitro benzene ring substituents is 1. The molecule has 0 saturated heterocycles. The van der Waals surface area contributed by atoms with Gasteiger partial charge in [-0.15, -0.1) is 0 Å². The Morgan fingerprint density at radius 3 is 2.33 bits per heavy atom. The van der Waals surface area contributed by atoms with Crippen molar-refractivity contribution in [1.82, 2.24) is 5.43 Å². The summed E-state index contributed by atoms with van der Waals surface area (Å²) in [6.07, 6.45) is 1.28. The normalized spacial score (nSPS) is 11.2. The lowest BCUT2D eigenvalue weighted by molar-refractivity contribution is -0.384. The first-order valence-corrected chi connectivity index (χ1v) is 10.1. The van der Waals surface area contributed by atoms with E-state index in [1.54, 1.807) is 24.3 Å². The van der Waals surface area contributed by atoms with Crippen LogP contribution < -0.4 is 10.1 Å². The van der Waals surface area contributed by atoms with Crippen LogP contribution in [0.15, 0.2) is 88.9 Å². The van der Waals surface area contributed by atoms with Crippen LogP contribution in [-0.4, -0.2) is 25.5 Å². The van der Waals surface area contributed by atoms with Crippen LogP contribution in [0.4, 0.5) is 11.4 Å². The number of hydrogen-bond donors (Lipinski definition) is 2. The number of sulfonamides is 1. The number of nitrogens with zero attached hydrogens (tertiary/aromatic N) is 2. The molecule has 30 heavy (non-hydrogen) atoms. The van der Waals surface area contributed by atoms with Crippen molar-refractivity contribution in [3.8, 4) is 0 Å². The first kappa shape index (κ1) is 20.7. The van der Waals surface area contributed by atoms with Crippen LogP contribution >= 0.6 is 0 Å². The molecule has 0 atom stereocenters. The average molecular weight is 424 g/mol. The van der Waals surface area contributed by atoms with Crippen molar-refractivity contribution in [3.63, 3.8) is 0 Å². The highest BCUT2D eigenvalue weighted by atomic mass is 32.2. The van der Waals surface area contributed by atoms with E-state index in [4.69, 9.17) is 0 Å². The fourth-order valence-corrected chi connectivity index (χ4v) is 3.53. The van der Waals surface area contributed by atoms with E-state index in [0.717, 1.165) is 0 Å². The lowest BCUT2D eigenvalue weighted by Gasteiger charge is -2.08. The maximum absolute atomic E-state index is 12.3. The number of rotatable bonds is 7. The third-order valence-electron chi connectivity index (χ3n) is 3.91. The third-order valence-corrected chi connectivity index (χ3v) is 5.31. The molecule has 0 spiro atoms. The summed E-state index contributed by atoms with van der Waals surface area (Å²) in [6.45, 7) is 0. The molecule has 3 aromatic carbocycles. The maximum Gasteiger partial charge on any atom is 0.271 e. The number of hydrazone groups is 1. The van der Waals surface area contributed by atoms with Crippen LogP contribution in [0.2, 0.25) is 0 Å². The molecule has 0 aromatic heterocycles. The minimum atomic E-state index is -3.72. The van der Waals surface area contributed by atoms with Crippen molar-refractivity contribution in [2.75, 3.05) is 4.72 Å². The summed E-state index contributed by atoms with van der Waals surface area (Å²) in [5, 5.41) is 14.5. The van der Waals surface area contributed by atoms with Gasteiger partial charge in [0, 0.05) is 28.9 Å². The van der Waals surface area contributed by atoms with Crippen LogP contribution in [0.25, 0.3) is 0 Å². The van der Waals surface area contributed by atoms with Crippen molar-refractivity contribution in [1.29, 1.82) is 0 Å². The zero-order valence-electron chi connectivity index (χ0n) is 15.4. The van der Waals surface area contributed by atoms with E-state index in [1.807, 2.05) is 0 Å². The maximum atomic E-state index is 12.3. The van der Waals surface area contributed by atoms with Crippen LogP contribution in [-0.2, 0) is 10.0 Å². The summed E-state index contributed by atoms with van der Waals surface area (Å²) >= 11 is 0. The van der Waals surface area contributed by atoms with Gasteiger partial charge < -0.3 is 0 Å². The number of nitrogens with one attached hydrogen (secondary N) is 2. The molecule has 9 nitrogen and oxygen atoms in total. The van der Waals surface area contributed by atoms with Gasteiger partial charge in [-0.3, -0.25) is 19.6 Å². The number of benzene rings is 3. The van der Waals surface area contributed by atoms with Gasteiger partial charge >= 0.3 is 0 Å². The number of nitro groups is 1. The lowest BCUT2D eigenvalue weighted by atomic mass is 10.2. The first-order valence-electron chi connectivity index (χ1n) is 8.61. The Kier molecular flexibility index (Phi) is 6.18. The molecule has 0 fully saturated rings. The summed E-state index contributed by atoms with van der Waals surface area (Å²) in [5.41, 5.74) is 3.24. The standard InChI is InChI=1S/C20H16N4O5S/c25-20(22-21-14-15-5-4-6-18(13-15)24(26)27)16-9-11-17(12-10-16)23-30(28,29)19-7-2-1-3-8-19/h1-14,23H,(H,22,25)/b21-14-. The fraction of sp³-hybridized carbons (Fsp3) is 0. The zero-order valence-corrected chi connectivity index (χ0v) is 16.2. The predicted octanol–water partition coefficient (Wildman–Crippen LogP) is 3.16. The van der Waals surface area contributed by atoms with Gasteiger partial charge in [0.15, 0.2) is 0 Å². The van der Waals surface area contributed by atoms with Crippen molar-refractivity contribution in [2.24, 2.45) is 5.10 Å². The van der Waals surface area contributed by atoms with E-state index in [9.17, 15) is 23.3 Å². The third kappa shape index (κ3) is 5.26. The highest BCUT2D eigenvalue weighted by Gasteiger charge is 2.13. The fourth-order valence-electron chi connectivity index (χ4n) is 2.45. The second-order valence-electron chi connectivity index (χ2n) is 6.05. The number of hydrogen-bond acceptors (Lipinski definition) is 6. The SMILES string of the molecule is O=C(N/N=C\c1cccc([N+](=O)[O-])c1)c1ccc(NS(=O)(=O)c2ccccc2)cc1. The Balaban J connectivity index is 1.63. The molecule has 2 N–H and O–H groups in total. The number of nitro benzene ring substituents is 1. The molecule has 10 heteroatoms. The molecule has 0 saturated carbocycles. The number of anilines is 1. The van der Waals surface area contributed by atoms with Gasteiger partial charge in [-0.25, -0.2) is 13.8 Å². The van der Waals surface area contributed by atoms with Crippen LogP contribution in [0.3, 0.4) is 0 Å². The van der Waals surface area contributed by atoms with E-state index in [2.05, 4.69) is 15.2 Å². The molecule has 0 aliphatic carbocycles. The second kappa shape index (κ2) is 8.97. The Hall–Kier alpha value is -4.05. The number of carbonyl (C=O) groups is 1. The van der Waals surface area contributed by atoms with Crippen molar-refractivity contribution < 1.29 is 18.1 Å². The highest BCUT2D eigenvalue weighted by Crippen LogP contribution is 2.16. The van der Waals surface area contributed by atoms with Gasteiger partial charge in [0.25, 0.3) is 21.6 Å². The monoisotopic (exact) mass is 424 g/mol. The molecule has 152 valence electrons. The highest BCUT2D eigenvalue weighted by molar-refractivity contribution is 7.92. The molecule has 0 radical (unpaired) electrons. The molecule has 1 amide bonds. The van der Waals surface area contributed by atoms with Gasteiger partial charge in [-0.05, 0) is 36.4 Å². The van der Waals surface area contributed by atoms with Crippen molar-refractivity contribution >= 4 is 33.5 Å². The van der Waals surface area contributed by atoms with Gasteiger partial charge in [0.2, 0.25) is 0 Å². The van der Waals surface area contributed by atoms with Crippen LogP contribution in [0, 0.1) is 10.1 Å². The molecule has 3 aromatic rings. The Morgan fingerprint density at radius 1 is 0.967 bits per heavy atom. The largest absolute Gasteiger partial charge is 0.280 e. The molecular formula is C20H16N4O5S. The van der Waals surface area contributed by atoms with Crippen molar-refractivity contribution in [2.45, 2.75) is 4.90 Å². The topological polar surface area (TPSA) is 131 Å². The van der Waals surface area contributed by atoms with E-state index < -0.39 is 20.9 Å². The first-order chi connectivity index (χ1) is 14.3. The van der Waals surface area contributed by atoms with Crippen LogP contribution in [0.5, 0.6) is 0 Å². The smallest absolute Gasteiger partial charge is 0.271 e. The second-order valence-corrected chi connectivity index (χ2v) is 7.73. The van der Waals surface area contributed by atoms with E-state index in [-0.39, 0.29) is 16.1 Å². The van der Waals surface area contributed by atoms with Gasteiger partial charge in [-0.2, -0.15) is 5.10 Å². The van der Waals surface area contributed by atoms with Gasteiger partial charge in [0.05, 0.1) is 16.0 Å². The minimum absolute atomic E-state index is 0.0844. The summed E-state index contributed by atoms with van der Waals surface area (Å²) in [5.74, 6) is -0.519. The summed E-state index contributed by atoms with van der Waals surface area (Å²) in [7, 11) is -3.72. The molecule has 0 aliphatic rings. The molecular weight excluding hydrogens is 408 g/mol. The Labute approximate surface area is 172 Å². The molecule has 0 bridgehead atoms. The van der Waals surface area contributed by atoms with E-state index in [1.165, 1.54) is 60.8 Å². The Morgan fingerprint density at radius 2 is 1.67 bits per heavy atom. The number of carbonyl (C=O) groups excluding carboxylic acids is 1. The van der Waals surface area contributed by atoms with E-state index >= 15 is 0 Å². The van der Waals surface area contributed by atoms with Crippen molar-refractivity contribution in [3.05, 3.63) is 100 Å². The predicted molar refractivity (Wildman–Crippen MR) is 112 cm³/mol. The Bertz CT molecular complexity index is 1190. The minimum Gasteiger partial charge on any atom is -0.280 e. The molecule has 3 rings (SSSR count). The lowest BCUT2D eigenvalue weighted by Crippen LogP contribution is -2.18. The van der Waals surface area contributed by atoms with Gasteiger partial charge in [0.1, 0.15) is 0 Å². The molecule has 0 heterocycles.